The number of hydrogen-bond acceptors (Lipinski definition) is 5. The van der Waals surface area contributed by atoms with E-state index in [4.69, 9.17) is 18.5 Å². The summed E-state index contributed by atoms with van der Waals surface area (Å²) in [6, 6.07) is 17.6. The van der Waals surface area contributed by atoms with E-state index in [2.05, 4.69) is 32.2 Å². The highest BCUT2D eigenvalue weighted by Crippen LogP contribution is 2.65. The molecule has 1 aliphatic heterocycles. The van der Waals surface area contributed by atoms with Gasteiger partial charge in [-0.05, 0) is 67.6 Å². The number of para-hydroxylation sites is 1. The van der Waals surface area contributed by atoms with Crippen LogP contribution in [0.3, 0.4) is 0 Å². The first-order valence-electron chi connectivity index (χ1n) is 13.6. The molecule has 2 aromatic carbocycles. The van der Waals surface area contributed by atoms with E-state index in [0.29, 0.717) is 24.9 Å². The van der Waals surface area contributed by atoms with Crippen LogP contribution in [0.1, 0.15) is 57.8 Å². The highest BCUT2D eigenvalue weighted by atomic mass is 16.7. The molecule has 1 N–H and O–H groups in total. The van der Waals surface area contributed by atoms with Crippen LogP contribution in [-0.4, -0.2) is 37.3 Å². The number of hydrogen-bond donors (Lipinski definition) is 1. The zero-order valence-electron chi connectivity index (χ0n) is 22.1. The molecule has 7 heteroatoms. The van der Waals surface area contributed by atoms with E-state index in [1.165, 1.54) is 6.42 Å². The lowest BCUT2D eigenvalue weighted by Gasteiger charge is -2.64. The predicted molar refractivity (Wildman–Crippen MR) is 143 cm³/mol. The van der Waals surface area contributed by atoms with Gasteiger partial charge >= 0.3 is 7.12 Å². The molecular weight excluding hydrogens is 465 g/mol. The van der Waals surface area contributed by atoms with E-state index < -0.39 is 19.2 Å². The minimum atomic E-state index is -0.708. The SMILES string of the molecule is CCOC(C(=O)NC(Cc1coc2ccccc12)B1O[C@@H]2C[C@@H]3C[C@@H](C3(C)C)[C@]2(C)O1)c1ccccc1. The van der Waals surface area contributed by atoms with Crippen LogP contribution >= 0.6 is 0 Å². The number of fused-ring (bicyclic) bond motifs is 1. The Labute approximate surface area is 219 Å². The average molecular weight is 501 g/mol. The van der Waals surface area contributed by atoms with Crippen molar-refractivity contribution in [2.75, 3.05) is 6.61 Å². The lowest BCUT2D eigenvalue weighted by Crippen LogP contribution is -2.65. The van der Waals surface area contributed by atoms with Gasteiger partial charge in [0.25, 0.3) is 5.91 Å². The van der Waals surface area contributed by atoms with Crippen LogP contribution in [0.5, 0.6) is 0 Å². The van der Waals surface area contributed by atoms with Crippen molar-refractivity contribution in [2.24, 2.45) is 17.3 Å². The Kier molecular flexibility index (Phi) is 6.21. The zero-order valence-corrected chi connectivity index (χ0v) is 22.1. The van der Waals surface area contributed by atoms with Crippen molar-refractivity contribution in [2.45, 2.75) is 70.7 Å². The molecular formula is C30H36BNO5. The van der Waals surface area contributed by atoms with Crippen LogP contribution in [0.4, 0.5) is 0 Å². The summed E-state index contributed by atoms with van der Waals surface area (Å²) in [4.78, 5) is 13.7. The van der Waals surface area contributed by atoms with Gasteiger partial charge in [0.2, 0.25) is 0 Å². The largest absolute Gasteiger partial charge is 0.482 e. The maximum atomic E-state index is 13.7. The maximum absolute atomic E-state index is 13.7. The minimum absolute atomic E-state index is 0.0339. The van der Waals surface area contributed by atoms with E-state index in [1.54, 1.807) is 6.26 Å². The van der Waals surface area contributed by atoms with Gasteiger partial charge in [0.05, 0.1) is 23.9 Å². The van der Waals surface area contributed by atoms with Crippen LogP contribution in [0.25, 0.3) is 11.0 Å². The van der Waals surface area contributed by atoms with Crippen molar-refractivity contribution in [1.29, 1.82) is 0 Å². The molecule has 2 bridgehead atoms. The third-order valence-corrected chi connectivity index (χ3v) is 9.30. The fourth-order valence-electron chi connectivity index (χ4n) is 7.09. The summed E-state index contributed by atoms with van der Waals surface area (Å²) in [7, 11) is -0.555. The van der Waals surface area contributed by atoms with E-state index in [1.807, 2.05) is 55.5 Å². The quantitative estimate of drug-likeness (QED) is 0.413. The van der Waals surface area contributed by atoms with Gasteiger partial charge in [0.15, 0.2) is 6.10 Å². The monoisotopic (exact) mass is 501 g/mol. The molecule has 0 spiro atoms. The Morgan fingerprint density at radius 1 is 1.11 bits per heavy atom. The first-order valence-corrected chi connectivity index (χ1v) is 13.6. The molecule has 6 atom stereocenters. The molecule has 1 aromatic heterocycles. The zero-order chi connectivity index (χ0) is 25.8. The number of carbonyl (C=O) groups excluding carboxylic acids is 1. The topological polar surface area (TPSA) is 69.9 Å². The van der Waals surface area contributed by atoms with Crippen LogP contribution < -0.4 is 5.32 Å². The summed E-state index contributed by atoms with van der Waals surface area (Å²) in [5.41, 5.74) is 2.56. The van der Waals surface area contributed by atoms with Crippen LogP contribution in [-0.2, 0) is 25.3 Å². The number of amides is 1. The second kappa shape index (κ2) is 9.30. The summed E-state index contributed by atoms with van der Waals surface area (Å²) in [5.74, 6) is 0.509. The summed E-state index contributed by atoms with van der Waals surface area (Å²) >= 11 is 0. The first-order chi connectivity index (χ1) is 17.8. The number of furan rings is 1. The predicted octanol–water partition coefficient (Wildman–Crippen LogP) is 5.51. The molecule has 3 aliphatic carbocycles. The molecule has 0 radical (unpaired) electrons. The van der Waals surface area contributed by atoms with Gasteiger partial charge < -0.3 is 23.8 Å². The third kappa shape index (κ3) is 4.12. The number of carbonyl (C=O) groups is 1. The summed E-state index contributed by atoms with van der Waals surface area (Å²) in [6.07, 6.45) is 3.82. The lowest BCUT2D eigenvalue weighted by atomic mass is 9.43. The molecule has 1 saturated heterocycles. The molecule has 4 aliphatic rings. The molecule has 1 amide bonds. The fraction of sp³-hybridized carbons (Fsp3) is 0.500. The van der Waals surface area contributed by atoms with Gasteiger partial charge in [-0.15, -0.1) is 0 Å². The van der Waals surface area contributed by atoms with Crippen LogP contribution in [0.2, 0.25) is 0 Å². The number of rotatable bonds is 8. The minimum Gasteiger partial charge on any atom is -0.464 e. The summed E-state index contributed by atoms with van der Waals surface area (Å²) < 4.78 is 25.2. The molecule has 4 fully saturated rings. The van der Waals surface area contributed by atoms with Gasteiger partial charge in [0.1, 0.15) is 5.58 Å². The van der Waals surface area contributed by atoms with Gasteiger partial charge in [-0.3, -0.25) is 4.79 Å². The van der Waals surface area contributed by atoms with Gasteiger partial charge in [0, 0.05) is 12.0 Å². The highest BCUT2D eigenvalue weighted by molar-refractivity contribution is 6.48. The Morgan fingerprint density at radius 2 is 1.86 bits per heavy atom. The molecule has 2 unspecified atom stereocenters. The molecule has 6 nitrogen and oxygen atoms in total. The molecule has 3 aromatic rings. The van der Waals surface area contributed by atoms with E-state index in [0.717, 1.165) is 28.5 Å². The van der Waals surface area contributed by atoms with Crippen molar-refractivity contribution in [3.05, 3.63) is 72.0 Å². The van der Waals surface area contributed by atoms with Gasteiger partial charge in [-0.1, -0.05) is 62.4 Å². The van der Waals surface area contributed by atoms with E-state index in [9.17, 15) is 4.79 Å². The normalized spacial score (nSPS) is 29.4. The Balaban J connectivity index is 1.29. The first kappa shape index (κ1) is 24.7. The molecule has 7 rings (SSSR count). The van der Waals surface area contributed by atoms with Crippen molar-refractivity contribution >= 4 is 24.0 Å². The second-order valence-corrected chi connectivity index (χ2v) is 11.7. The smallest absolute Gasteiger partial charge is 0.464 e. The Hall–Kier alpha value is -2.61. The summed E-state index contributed by atoms with van der Waals surface area (Å²) in [5, 5.41) is 4.30. The standard InChI is InChI=1S/C30H36BNO5/c1-5-34-27(19-11-7-6-8-12-19)28(33)32-26(15-20-18-35-23-14-10-9-13-22(20)23)31-36-25-17-21-16-24(29(21,2)3)30(25,4)37-31/h6-14,18,21,24-27H,5,15-17H2,1-4H3,(H,32,33)/t21-,24-,25+,26?,27?,30-/m0/s1. The second-order valence-electron chi connectivity index (χ2n) is 11.7. The number of nitrogens with one attached hydrogen (secondary N) is 1. The number of ether oxygens (including phenoxy) is 1. The Morgan fingerprint density at radius 3 is 2.62 bits per heavy atom. The van der Waals surface area contributed by atoms with E-state index >= 15 is 0 Å². The maximum Gasteiger partial charge on any atom is 0.482 e. The third-order valence-electron chi connectivity index (χ3n) is 9.30. The van der Waals surface area contributed by atoms with Crippen molar-refractivity contribution in [3.8, 4) is 0 Å². The number of benzene rings is 2. The van der Waals surface area contributed by atoms with Gasteiger partial charge in [-0.25, -0.2) is 0 Å². The Bertz CT molecular complexity index is 1280. The van der Waals surface area contributed by atoms with Crippen LogP contribution in [0.15, 0.2) is 65.3 Å². The van der Waals surface area contributed by atoms with Crippen molar-refractivity contribution in [1.82, 2.24) is 5.32 Å². The molecule has 37 heavy (non-hydrogen) atoms. The fourth-order valence-corrected chi connectivity index (χ4v) is 7.09. The lowest BCUT2D eigenvalue weighted by molar-refractivity contribution is -0.199. The highest BCUT2D eigenvalue weighted by Gasteiger charge is 2.68. The van der Waals surface area contributed by atoms with Crippen molar-refractivity contribution < 1.29 is 23.3 Å². The van der Waals surface area contributed by atoms with Crippen LogP contribution in [0, 0.1) is 17.3 Å². The van der Waals surface area contributed by atoms with E-state index in [-0.39, 0.29) is 23.0 Å². The summed E-state index contributed by atoms with van der Waals surface area (Å²) in [6.45, 7) is 9.25. The molecule has 194 valence electrons. The molecule has 2 heterocycles. The molecule has 3 saturated carbocycles. The van der Waals surface area contributed by atoms with Crippen molar-refractivity contribution in [3.63, 3.8) is 0 Å². The average Bonchev–Trinajstić information content (AvgIpc) is 3.47. The van der Waals surface area contributed by atoms with Gasteiger partial charge in [-0.2, -0.15) is 0 Å².